The summed E-state index contributed by atoms with van der Waals surface area (Å²) in [5.74, 6) is -1.01. The van der Waals surface area contributed by atoms with E-state index in [2.05, 4.69) is 79.1 Å². The summed E-state index contributed by atoms with van der Waals surface area (Å²) in [4.78, 5) is 34.9. The topological polar surface area (TPSA) is 149 Å². The number of carbonyl (C=O) groups excluding carboxylic acids is 2. The molecule has 55 heavy (non-hydrogen) atoms. The van der Waals surface area contributed by atoms with E-state index in [1.165, 1.54) is 38.5 Å². The van der Waals surface area contributed by atoms with Crippen molar-refractivity contribution >= 4 is 19.8 Å². The number of hydrogen-bond acceptors (Lipinski definition) is 9. The van der Waals surface area contributed by atoms with Gasteiger partial charge in [0.2, 0.25) is 0 Å². The summed E-state index contributed by atoms with van der Waals surface area (Å²) in [6.07, 6.45) is 44.5. The molecule has 316 valence electrons. The molecule has 0 saturated carbocycles. The van der Waals surface area contributed by atoms with Gasteiger partial charge >= 0.3 is 19.8 Å². The van der Waals surface area contributed by atoms with Crippen LogP contribution in [0, 0.1) is 0 Å². The lowest BCUT2D eigenvalue weighted by Gasteiger charge is -2.20. The summed E-state index contributed by atoms with van der Waals surface area (Å²) < 4.78 is 32.6. The Hall–Kier alpha value is -2.59. The number of rotatable bonds is 38. The van der Waals surface area contributed by atoms with Crippen LogP contribution < -0.4 is 0 Å². The van der Waals surface area contributed by atoms with Crippen LogP contribution in [-0.2, 0) is 32.7 Å². The molecule has 1 unspecified atom stereocenters. The normalized spacial score (nSPS) is 14.6. The first-order valence-corrected chi connectivity index (χ1v) is 22.4. The van der Waals surface area contributed by atoms with Crippen LogP contribution in [0.25, 0.3) is 0 Å². The van der Waals surface area contributed by atoms with Crippen molar-refractivity contribution in [3.05, 3.63) is 72.9 Å². The maximum atomic E-state index is 12.6. The molecule has 0 aromatic rings. The first-order valence-electron chi connectivity index (χ1n) is 20.9. The zero-order valence-electron chi connectivity index (χ0n) is 34.1. The lowest BCUT2D eigenvalue weighted by Crippen LogP contribution is -2.29. The molecular weight excluding hydrogens is 719 g/mol. The number of aliphatic hydroxyl groups excluding tert-OH is 2. The Bertz CT molecular complexity index is 1140. The van der Waals surface area contributed by atoms with Gasteiger partial charge in [0.15, 0.2) is 6.10 Å². The van der Waals surface area contributed by atoms with Crippen molar-refractivity contribution in [2.75, 3.05) is 26.4 Å². The molecule has 0 saturated heterocycles. The first kappa shape index (κ1) is 52.4. The van der Waals surface area contributed by atoms with Crippen LogP contribution in [0.1, 0.15) is 155 Å². The van der Waals surface area contributed by atoms with Crippen LogP contribution in [0.3, 0.4) is 0 Å². The van der Waals surface area contributed by atoms with Crippen molar-refractivity contribution in [3.63, 3.8) is 0 Å². The molecule has 10 nitrogen and oxygen atoms in total. The van der Waals surface area contributed by atoms with Crippen LogP contribution in [0.15, 0.2) is 72.9 Å². The second kappa shape index (κ2) is 39.6. The van der Waals surface area contributed by atoms with Crippen LogP contribution in [-0.4, -0.2) is 65.7 Å². The van der Waals surface area contributed by atoms with E-state index in [1.54, 1.807) is 0 Å². The van der Waals surface area contributed by atoms with Gasteiger partial charge < -0.3 is 24.6 Å². The lowest BCUT2D eigenvalue weighted by molar-refractivity contribution is -0.161. The Morgan fingerprint density at radius 2 is 1.02 bits per heavy atom. The molecule has 0 bridgehead atoms. The molecule has 0 rings (SSSR count). The molecule has 0 spiro atoms. The van der Waals surface area contributed by atoms with Gasteiger partial charge in [-0.05, 0) is 77.0 Å². The minimum absolute atomic E-state index is 0.101. The Balaban J connectivity index is 4.45. The van der Waals surface area contributed by atoms with Gasteiger partial charge in [0.25, 0.3) is 0 Å². The van der Waals surface area contributed by atoms with E-state index in [9.17, 15) is 24.2 Å². The predicted octanol–water partition coefficient (Wildman–Crippen LogP) is 10.9. The smallest absolute Gasteiger partial charge is 0.462 e. The molecule has 0 aromatic heterocycles. The van der Waals surface area contributed by atoms with Crippen LogP contribution in [0.2, 0.25) is 0 Å². The van der Waals surface area contributed by atoms with Crippen molar-refractivity contribution in [1.82, 2.24) is 0 Å². The van der Waals surface area contributed by atoms with Gasteiger partial charge in [0.1, 0.15) is 12.7 Å². The van der Waals surface area contributed by atoms with Gasteiger partial charge in [-0.15, -0.1) is 0 Å². The standard InChI is InChI=1S/C44H75O10P/c1-3-5-7-9-11-13-15-17-19-20-22-24-26-28-30-32-34-36-44(48)54-42(40-53-55(49,50)52-38-41(46)37-45)39-51-43(47)35-33-31-29-27-25-23-21-18-16-14-12-10-8-6-4-2/h5,7,11,13,17-19,21-22,24,28,30,41-42,45-46H,3-4,6,8-10,12,14-16,20,23,25-27,29,31-40H2,1-2H3,(H,49,50)/b7-5-,13-11-,19-17-,21-18-,24-22-,30-28-/t41-,42+/m0/s1. The fourth-order valence-corrected chi connectivity index (χ4v) is 5.93. The third-order valence-corrected chi connectivity index (χ3v) is 9.30. The molecule has 3 N–H and O–H groups in total. The highest BCUT2D eigenvalue weighted by atomic mass is 31.2. The molecule has 11 heteroatoms. The average Bonchev–Trinajstić information content (AvgIpc) is 3.17. The van der Waals surface area contributed by atoms with Crippen molar-refractivity contribution < 1.29 is 47.8 Å². The highest BCUT2D eigenvalue weighted by Crippen LogP contribution is 2.43. The fourth-order valence-electron chi connectivity index (χ4n) is 5.14. The molecular formula is C44H75O10P. The molecule has 0 aliphatic rings. The van der Waals surface area contributed by atoms with Crippen molar-refractivity contribution in [2.24, 2.45) is 0 Å². The predicted molar refractivity (Wildman–Crippen MR) is 223 cm³/mol. The maximum Gasteiger partial charge on any atom is 0.472 e. The Morgan fingerprint density at radius 3 is 1.58 bits per heavy atom. The van der Waals surface area contributed by atoms with E-state index >= 15 is 0 Å². The molecule has 0 aromatic carbocycles. The van der Waals surface area contributed by atoms with Crippen molar-refractivity contribution in [2.45, 2.75) is 167 Å². The zero-order chi connectivity index (χ0) is 40.5. The second-order valence-corrected chi connectivity index (χ2v) is 15.1. The average molecular weight is 795 g/mol. The number of ether oxygens (including phenoxy) is 2. The zero-order valence-corrected chi connectivity index (χ0v) is 35.0. The third-order valence-electron chi connectivity index (χ3n) is 8.34. The van der Waals surface area contributed by atoms with E-state index < -0.39 is 51.8 Å². The molecule has 0 fully saturated rings. The highest BCUT2D eigenvalue weighted by Gasteiger charge is 2.27. The van der Waals surface area contributed by atoms with E-state index in [0.717, 1.165) is 70.6 Å². The number of phosphoric ester groups is 1. The lowest BCUT2D eigenvalue weighted by atomic mass is 10.1. The quantitative estimate of drug-likeness (QED) is 0.0239. The van der Waals surface area contributed by atoms with Gasteiger partial charge in [-0.25, -0.2) is 4.57 Å². The minimum Gasteiger partial charge on any atom is -0.462 e. The van der Waals surface area contributed by atoms with Gasteiger partial charge in [0.05, 0.1) is 19.8 Å². The van der Waals surface area contributed by atoms with E-state index in [4.69, 9.17) is 19.1 Å². The van der Waals surface area contributed by atoms with Gasteiger partial charge in [-0.1, -0.05) is 138 Å². The van der Waals surface area contributed by atoms with Gasteiger partial charge in [0, 0.05) is 12.8 Å². The Labute approximate surface area is 333 Å². The van der Waals surface area contributed by atoms with Gasteiger partial charge in [-0.3, -0.25) is 18.6 Å². The van der Waals surface area contributed by atoms with Crippen LogP contribution >= 0.6 is 7.82 Å². The number of allylic oxidation sites excluding steroid dienone is 12. The fraction of sp³-hybridized carbons (Fsp3) is 0.682. The third kappa shape index (κ3) is 39.4. The Kier molecular flexibility index (Phi) is 37.8. The number of carbonyl (C=O) groups is 2. The first-order chi connectivity index (χ1) is 26.7. The van der Waals surface area contributed by atoms with Gasteiger partial charge in [-0.2, -0.15) is 0 Å². The number of phosphoric acid groups is 1. The highest BCUT2D eigenvalue weighted by molar-refractivity contribution is 7.47. The summed E-state index contributed by atoms with van der Waals surface area (Å²) in [6.45, 7) is 2.17. The summed E-state index contributed by atoms with van der Waals surface area (Å²) in [6, 6.07) is 0. The molecule has 0 aliphatic heterocycles. The summed E-state index contributed by atoms with van der Waals surface area (Å²) in [7, 11) is -4.64. The van der Waals surface area contributed by atoms with Crippen LogP contribution in [0.4, 0.5) is 0 Å². The summed E-state index contributed by atoms with van der Waals surface area (Å²) in [5.41, 5.74) is 0. The SMILES string of the molecule is CC/C=C\C/C=C\C/C=C\C/C=C\C/C=C\CCCC(=O)O[C@H](COC(=O)CCCCCCC/C=C\CCCCCCCC)COP(=O)(O)OC[C@@H](O)CO. The minimum atomic E-state index is -4.64. The maximum absolute atomic E-state index is 12.6. The van der Waals surface area contributed by atoms with E-state index in [-0.39, 0.29) is 19.4 Å². The molecule has 3 atom stereocenters. The number of unbranched alkanes of at least 4 members (excludes halogenated alkanes) is 12. The van der Waals surface area contributed by atoms with E-state index in [1.807, 2.05) is 12.2 Å². The number of esters is 2. The van der Waals surface area contributed by atoms with E-state index in [0.29, 0.717) is 19.3 Å². The number of hydrogen-bond donors (Lipinski definition) is 3. The second-order valence-electron chi connectivity index (χ2n) is 13.6. The molecule has 0 aliphatic carbocycles. The largest absolute Gasteiger partial charge is 0.472 e. The van der Waals surface area contributed by atoms with Crippen molar-refractivity contribution in [1.29, 1.82) is 0 Å². The molecule has 0 heterocycles. The van der Waals surface area contributed by atoms with Crippen molar-refractivity contribution in [3.8, 4) is 0 Å². The monoisotopic (exact) mass is 795 g/mol. The summed E-state index contributed by atoms with van der Waals surface area (Å²) in [5, 5.41) is 18.3. The molecule has 0 radical (unpaired) electrons. The van der Waals surface area contributed by atoms with Crippen LogP contribution in [0.5, 0.6) is 0 Å². The summed E-state index contributed by atoms with van der Waals surface area (Å²) >= 11 is 0. The molecule has 0 amide bonds. The Morgan fingerprint density at radius 1 is 0.564 bits per heavy atom. The number of aliphatic hydroxyl groups is 2.